The van der Waals surface area contributed by atoms with E-state index in [-0.39, 0.29) is 24.3 Å². The standard InChI is InChI=1S/C20H27N3O6/c1-28-19(26)17-12-23(20(27)29-2)11-16(17)14-3-5-15(6-4-14)21-7-9-22(10-8-21)18(25)13-24/h3-6,16-17,24H,7-13H2,1-2H3/t16-,17-/m1/s1. The number of hydrogen-bond donors (Lipinski definition) is 1. The second-order valence-corrected chi connectivity index (χ2v) is 7.23. The van der Waals surface area contributed by atoms with Crippen LogP contribution in [0.25, 0.3) is 0 Å². The number of ether oxygens (including phenoxy) is 2. The minimum Gasteiger partial charge on any atom is -0.469 e. The number of hydrogen-bond acceptors (Lipinski definition) is 7. The summed E-state index contributed by atoms with van der Waals surface area (Å²) in [5.41, 5.74) is 1.99. The molecule has 0 aromatic heterocycles. The van der Waals surface area contributed by atoms with Gasteiger partial charge in [-0.1, -0.05) is 12.1 Å². The van der Waals surface area contributed by atoms with Gasteiger partial charge in [0.05, 0.1) is 20.1 Å². The number of likely N-dealkylation sites (tertiary alicyclic amines) is 1. The van der Waals surface area contributed by atoms with Crippen LogP contribution in [0.4, 0.5) is 10.5 Å². The Balaban J connectivity index is 1.69. The molecule has 1 N–H and O–H groups in total. The molecule has 9 nitrogen and oxygen atoms in total. The lowest BCUT2D eigenvalue weighted by Crippen LogP contribution is -2.49. The van der Waals surface area contributed by atoms with Crippen LogP contribution in [0, 0.1) is 5.92 Å². The first kappa shape index (κ1) is 20.9. The van der Waals surface area contributed by atoms with E-state index in [4.69, 9.17) is 14.6 Å². The van der Waals surface area contributed by atoms with Gasteiger partial charge in [-0.15, -0.1) is 0 Å². The summed E-state index contributed by atoms with van der Waals surface area (Å²) < 4.78 is 9.73. The summed E-state index contributed by atoms with van der Waals surface area (Å²) in [5.74, 6) is -1.17. The van der Waals surface area contributed by atoms with Crippen molar-refractivity contribution < 1.29 is 29.0 Å². The Kier molecular flexibility index (Phi) is 6.58. The normalized spacial score (nSPS) is 21.8. The molecule has 158 valence electrons. The Labute approximate surface area is 169 Å². The molecule has 0 spiro atoms. The quantitative estimate of drug-likeness (QED) is 0.719. The van der Waals surface area contributed by atoms with Gasteiger partial charge < -0.3 is 29.3 Å². The van der Waals surface area contributed by atoms with Crippen LogP contribution < -0.4 is 4.90 Å². The largest absolute Gasteiger partial charge is 0.469 e. The van der Waals surface area contributed by atoms with Crippen molar-refractivity contribution in [2.75, 3.05) is 65.0 Å². The summed E-state index contributed by atoms with van der Waals surface area (Å²) >= 11 is 0. The van der Waals surface area contributed by atoms with Crippen LogP contribution in [-0.2, 0) is 19.1 Å². The van der Waals surface area contributed by atoms with E-state index in [1.54, 1.807) is 4.90 Å². The second-order valence-electron chi connectivity index (χ2n) is 7.23. The van der Waals surface area contributed by atoms with E-state index < -0.39 is 18.6 Å². The number of amides is 2. The molecular weight excluding hydrogens is 378 g/mol. The van der Waals surface area contributed by atoms with Gasteiger partial charge in [0.15, 0.2) is 0 Å². The van der Waals surface area contributed by atoms with Crippen LogP contribution in [0.1, 0.15) is 11.5 Å². The van der Waals surface area contributed by atoms with Gasteiger partial charge in [-0.05, 0) is 17.7 Å². The van der Waals surface area contributed by atoms with Crippen molar-refractivity contribution >= 4 is 23.7 Å². The molecule has 29 heavy (non-hydrogen) atoms. The maximum atomic E-state index is 12.2. The van der Waals surface area contributed by atoms with Gasteiger partial charge in [0.2, 0.25) is 5.91 Å². The molecular formula is C20H27N3O6. The highest BCUT2D eigenvalue weighted by molar-refractivity contribution is 5.78. The van der Waals surface area contributed by atoms with Crippen LogP contribution in [0.15, 0.2) is 24.3 Å². The fraction of sp³-hybridized carbons (Fsp3) is 0.550. The van der Waals surface area contributed by atoms with Gasteiger partial charge in [-0.25, -0.2) is 4.79 Å². The van der Waals surface area contributed by atoms with Gasteiger partial charge in [-0.2, -0.15) is 0 Å². The minimum atomic E-state index is -0.458. The van der Waals surface area contributed by atoms with Gasteiger partial charge in [0, 0.05) is 50.9 Å². The zero-order chi connectivity index (χ0) is 21.0. The highest BCUT2D eigenvalue weighted by Gasteiger charge is 2.41. The van der Waals surface area contributed by atoms with Gasteiger partial charge in [-0.3, -0.25) is 9.59 Å². The number of rotatable bonds is 4. The van der Waals surface area contributed by atoms with Crippen molar-refractivity contribution in [3.8, 4) is 0 Å². The smallest absolute Gasteiger partial charge is 0.409 e. The number of carbonyl (C=O) groups is 3. The van der Waals surface area contributed by atoms with E-state index in [9.17, 15) is 14.4 Å². The Morgan fingerprint density at radius 2 is 1.62 bits per heavy atom. The lowest BCUT2D eigenvalue weighted by Gasteiger charge is -2.36. The Bertz CT molecular complexity index is 745. The van der Waals surface area contributed by atoms with Crippen molar-refractivity contribution in [3.05, 3.63) is 29.8 Å². The number of benzene rings is 1. The molecule has 0 bridgehead atoms. The third-order valence-corrected chi connectivity index (χ3v) is 5.71. The molecule has 2 fully saturated rings. The molecule has 2 amide bonds. The number of esters is 1. The van der Waals surface area contributed by atoms with E-state index in [0.717, 1.165) is 11.3 Å². The SMILES string of the molecule is COC(=O)[C@@H]1CN(C(=O)OC)C[C@@H]1c1ccc(N2CCN(C(=O)CO)CC2)cc1. The minimum absolute atomic E-state index is 0.158. The highest BCUT2D eigenvalue weighted by Crippen LogP contribution is 2.34. The Morgan fingerprint density at radius 1 is 0.966 bits per heavy atom. The fourth-order valence-corrected chi connectivity index (χ4v) is 4.06. The maximum absolute atomic E-state index is 12.2. The van der Waals surface area contributed by atoms with Gasteiger partial charge >= 0.3 is 12.1 Å². The number of aliphatic hydroxyl groups excluding tert-OH is 1. The number of carbonyl (C=O) groups excluding carboxylic acids is 3. The van der Waals surface area contributed by atoms with Gasteiger partial charge in [0.1, 0.15) is 6.61 Å². The number of methoxy groups -OCH3 is 2. The number of piperazine rings is 1. The van der Waals surface area contributed by atoms with Crippen LogP contribution in [0.3, 0.4) is 0 Å². The first-order chi connectivity index (χ1) is 14.0. The van der Waals surface area contributed by atoms with Crippen molar-refractivity contribution in [1.82, 2.24) is 9.80 Å². The van der Waals surface area contributed by atoms with Gasteiger partial charge in [0.25, 0.3) is 0 Å². The van der Waals surface area contributed by atoms with E-state index in [2.05, 4.69) is 4.90 Å². The molecule has 0 aliphatic carbocycles. The fourth-order valence-electron chi connectivity index (χ4n) is 4.06. The van der Waals surface area contributed by atoms with Crippen molar-refractivity contribution in [2.24, 2.45) is 5.92 Å². The van der Waals surface area contributed by atoms with Crippen LogP contribution >= 0.6 is 0 Å². The van der Waals surface area contributed by atoms with Crippen molar-refractivity contribution in [3.63, 3.8) is 0 Å². The third-order valence-electron chi connectivity index (χ3n) is 5.71. The predicted octanol–water partition coefficient (Wildman–Crippen LogP) is 0.282. The summed E-state index contributed by atoms with van der Waals surface area (Å²) in [7, 11) is 2.68. The lowest BCUT2D eigenvalue weighted by molar-refractivity contribution is -0.145. The molecule has 1 aromatic rings. The number of nitrogens with zero attached hydrogens (tertiary/aromatic N) is 3. The van der Waals surface area contributed by atoms with Crippen LogP contribution in [0.5, 0.6) is 0 Å². The zero-order valence-electron chi connectivity index (χ0n) is 16.7. The molecule has 2 heterocycles. The molecule has 1 aromatic carbocycles. The highest BCUT2D eigenvalue weighted by atomic mass is 16.5. The molecule has 0 saturated carbocycles. The Morgan fingerprint density at radius 3 is 2.17 bits per heavy atom. The average molecular weight is 405 g/mol. The number of aliphatic hydroxyl groups is 1. The van der Waals surface area contributed by atoms with E-state index >= 15 is 0 Å². The maximum Gasteiger partial charge on any atom is 0.409 e. The molecule has 0 unspecified atom stereocenters. The second kappa shape index (κ2) is 9.13. The molecule has 2 aliphatic rings. The molecule has 0 radical (unpaired) electrons. The average Bonchev–Trinajstić information content (AvgIpc) is 3.23. The molecule has 2 atom stereocenters. The van der Waals surface area contributed by atoms with E-state index in [1.165, 1.54) is 19.1 Å². The van der Waals surface area contributed by atoms with E-state index in [0.29, 0.717) is 32.7 Å². The molecule has 2 aliphatic heterocycles. The van der Waals surface area contributed by atoms with Crippen LogP contribution in [-0.4, -0.2) is 93.0 Å². The summed E-state index contributed by atoms with van der Waals surface area (Å²) in [4.78, 5) is 41.1. The number of anilines is 1. The van der Waals surface area contributed by atoms with E-state index in [1.807, 2.05) is 24.3 Å². The lowest BCUT2D eigenvalue weighted by atomic mass is 9.89. The summed E-state index contributed by atoms with van der Waals surface area (Å²) in [5, 5.41) is 8.98. The van der Waals surface area contributed by atoms with Crippen molar-refractivity contribution in [2.45, 2.75) is 5.92 Å². The molecule has 2 saturated heterocycles. The molecule has 9 heteroatoms. The first-order valence-electron chi connectivity index (χ1n) is 9.62. The third kappa shape index (κ3) is 4.45. The first-order valence-corrected chi connectivity index (χ1v) is 9.62. The van der Waals surface area contributed by atoms with Crippen LogP contribution in [0.2, 0.25) is 0 Å². The monoisotopic (exact) mass is 405 g/mol. The topological polar surface area (TPSA) is 99.6 Å². The zero-order valence-corrected chi connectivity index (χ0v) is 16.7. The van der Waals surface area contributed by atoms with Crippen molar-refractivity contribution in [1.29, 1.82) is 0 Å². The summed E-state index contributed by atoms with van der Waals surface area (Å²) in [6.07, 6.45) is -0.451. The predicted molar refractivity (Wildman–Crippen MR) is 105 cm³/mol. The molecule has 3 rings (SSSR count). The summed E-state index contributed by atoms with van der Waals surface area (Å²) in [6.45, 7) is 2.73. The summed E-state index contributed by atoms with van der Waals surface area (Å²) in [6, 6.07) is 7.94. The Hall–Kier alpha value is -2.81.